The second-order valence-electron chi connectivity index (χ2n) is 4.89. The SMILES string of the molecule is CCOc1ccccc1CCC(=O)Oc1ccccc1OCC. The Hall–Kier alpha value is -2.49. The zero-order valence-corrected chi connectivity index (χ0v) is 13.6. The minimum absolute atomic E-state index is 0.282. The molecule has 0 N–H and O–H groups in total. The number of rotatable bonds is 8. The third kappa shape index (κ3) is 5.02. The molecule has 0 bridgehead atoms. The largest absolute Gasteiger partial charge is 0.494 e. The fourth-order valence-corrected chi connectivity index (χ4v) is 2.23. The number of esters is 1. The smallest absolute Gasteiger partial charge is 0.311 e. The molecule has 0 atom stereocenters. The standard InChI is InChI=1S/C19H22O4/c1-3-21-16-10-6-5-9-15(16)13-14-19(20)23-18-12-8-7-11-17(18)22-4-2/h5-12H,3-4,13-14H2,1-2H3. The van der Waals surface area contributed by atoms with E-state index in [0.717, 1.165) is 11.3 Å². The quantitative estimate of drug-likeness (QED) is 0.545. The van der Waals surface area contributed by atoms with Crippen molar-refractivity contribution >= 4 is 5.97 Å². The Morgan fingerprint density at radius 3 is 2.09 bits per heavy atom. The number of aryl methyl sites for hydroxylation is 1. The van der Waals surface area contributed by atoms with E-state index < -0.39 is 0 Å². The molecule has 0 unspecified atom stereocenters. The molecular weight excluding hydrogens is 292 g/mol. The summed E-state index contributed by atoms with van der Waals surface area (Å²) in [5, 5.41) is 0. The van der Waals surface area contributed by atoms with E-state index in [9.17, 15) is 4.79 Å². The van der Waals surface area contributed by atoms with Crippen LogP contribution < -0.4 is 14.2 Å². The summed E-state index contributed by atoms with van der Waals surface area (Å²) in [6.07, 6.45) is 0.857. The zero-order valence-electron chi connectivity index (χ0n) is 13.6. The number of carbonyl (C=O) groups excluding carboxylic acids is 1. The summed E-state index contributed by atoms with van der Waals surface area (Å²) >= 11 is 0. The van der Waals surface area contributed by atoms with E-state index in [1.807, 2.05) is 50.2 Å². The number of hydrogen-bond acceptors (Lipinski definition) is 4. The first-order chi connectivity index (χ1) is 11.2. The molecule has 122 valence electrons. The van der Waals surface area contributed by atoms with Crippen molar-refractivity contribution in [3.8, 4) is 17.2 Å². The van der Waals surface area contributed by atoms with Gasteiger partial charge in [-0.1, -0.05) is 30.3 Å². The normalized spacial score (nSPS) is 10.2. The molecule has 2 aromatic carbocycles. The predicted molar refractivity (Wildman–Crippen MR) is 89.2 cm³/mol. The van der Waals surface area contributed by atoms with Gasteiger partial charge in [0.25, 0.3) is 0 Å². The van der Waals surface area contributed by atoms with Gasteiger partial charge in [-0.15, -0.1) is 0 Å². The van der Waals surface area contributed by atoms with Gasteiger partial charge in [-0.05, 0) is 44.0 Å². The first-order valence-electron chi connectivity index (χ1n) is 7.87. The van der Waals surface area contributed by atoms with E-state index in [0.29, 0.717) is 31.1 Å². The number of benzene rings is 2. The summed E-state index contributed by atoms with van der Waals surface area (Å²) in [6.45, 7) is 4.96. The van der Waals surface area contributed by atoms with Gasteiger partial charge in [0.15, 0.2) is 11.5 Å². The summed E-state index contributed by atoms with van der Waals surface area (Å²) in [7, 11) is 0. The highest BCUT2D eigenvalue weighted by atomic mass is 16.6. The summed E-state index contributed by atoms with van der Waals surface area (Å²) in [4.78, 5) is 12.1. The van der Waals surface area contributed by atoms with Gasteiger partial charge in [0.05, 0.1) is 19.6 Å². The molecule has 0 aliphatic heterocycles. The van der Waals surface area contributed by atoms with Gasteiger partial charge in [0.2, 0.25) is 0 Å². The Labute approximate surface area is 137 Å². The third-order valence-corrected chi connectivity index (χ3v) is 3.24. The van der Waals surface area contributed by atoms with Crippen LogP contribution in [0.2, 0.25) is 0 Å². The van der Waals surface area contributed by atoms with Gasteiger partial charge in [-0.25, -0.2) is 0 Å². The van der Waals surface area contributed by atoms with Crippen LogP contribution in [0.25, 0.3) is 0 Å². The van der Waals surface area contributed by atoms with Crippen LogP contribution in [0, 0.1) is 0 Å². The van der Waals surface area contributed by atoms with Gasteiger partial charge in [-0.3, -0.25) is 4.79 Å². The summed E-state index contributed by atoms with van der Waals surface area (Å²) in [5.41, 5.74) is 1.00. The first kappa shape index (κ1) is 16.9. The average Bonchev–Trinajstić information content (AvgIpc) is 2.56. The van der Waals surface area contributed by atoms with Gasteiger partial charge in [-0.2, -0.15) is 0 Å². The number of ether oxygens (including phenoxy) is 3. The molecule has 0 aliphatic carbocycles. The Morgan fingerprint density at radius 1 is 0.826 bits per heavy atom. The van der Waals surface area contributed by atoms with Crippen LogP contribution in [-0.2, 0) is 11.2 Å². The molecular formula is C19H22O4. The molecule has 0 saturated heterocycles. The monoisotopic (exact) mass is 314 g/mol. The molecule has 4 heteroatoms. The van der Waals surface area contributed by atoms with Crippen LogP contribution in [0.4, 0.5) is 0 Å². The van der Waals surface area contributed by atoms with Crippen molar-refractivity contribution in [1.29, 1.82) is 0 Å². The van der Waals surface area contributed by atoms with Crippen molar-refractivity contribution < 1.29 is 19.0 Å². The number of carbonyl (C=O) groups is 1. The van der Waals surface area contributed by atoms with Crippen LogP contribution in [0.15, 0.2) is 48.5 Å². The molecule has 4 nitrogen and oxygen atoms in total. The molecule has 0 aliphatic rings. The number of para-hydroxylation sites is 3. The van der Waals surface area contributed by atoms with Gasteiger partial charge < -0.3 is 14.2 Å². The van der Waals surface area contributed by atoms with Crippen molar-refractivity contribution in [2.75, 3.05) is 13.2 Å². The molecule has 0 radical (unpaired) electrons. The lowest BCUT2D eigenvalue weighted by Crippen LogP contribution is -2.10. The maximum absolute atomic E-state index is 12.1. The molecule has 2 rings (SSSR count). The van der Waals surface area contributed by atoms with Crippen molar-refractivity contribution in [3.05, 3.63) is 54.1 Å². The van der Waals surface area contributed by atoms with E-state index in [4.69, 9.17) is 14.2 Å². The molecule has 2 aromatic rings. The highest BCUT2D eigenvalue weighted by Gasteiger charge is 2.11. The average molecular weight is 314 g/mol. The molecule has 0 fully saturated rings. The maximum atomic E-state index is 12.1. The first-order valence-corrected chi connectivity index (χ1v) is 7.87. The summed E-state index contributed by atoms with van der Waals surface area (Å²) in [6, 6.07) is 14.9. The van der Waals surface area contributed by atoms with E-state index >= 15 is 0 Å². The molecule has 0 aromatic heterocycles. The maximum Gasteiger partial charge on any atom is 0.311 e. The lowest BCUT2D eigenvalue weighted by atomic mass is 10.1. The topological polar surface area (TPSA) is 44.8 Å². The van der Waals surface area contributed by atoms with Gasteiger partial charge >= 0.3 is 5.97 Å². The molecule has 0 amide bonds. The third-order valence-electron chi connectivity index (χ3n) is 3.24. The highest BCUT2D eigenvalue weighted by Crippen LogP contribution is 2.27. The van der Waals surface area contributed by atoms with Crippen LogP contribution in [0.5, 0.6) is 17.2 Å². The van der Waals surface area contributed by atoms with Crippen molar-refractivity contribution in [2.45, 2.75) is 26.7 Å². The van der Waals surface area contributed by atoms with Crippen molar-refractivity contribution in [2.24, 2.45) is 0 Å². The Bertz CT molecular complexity index is 637. The zero-order chi connectivity index (χ0) is 16.5. The summed E-state index contributed by atoms with van der Waals surface area (Å²) < 4.78 is 16.4. The second kappa shape index (κ2) is 8.83. The van der Waals surface area contributed by atoms with Crippen molar-refractivity contribution in [3.63, 3.8) is 0 Å². The van der Waals surface area contributed by atoms with Crippen LogP contribution in [0.1, 0.15) is 25.8 Å². The number of hydrogen-bond donors (Lipinski definition) is 0. The summed E-state index contributed by atoms with van der Waals surface area (Å²) in [5.74, 6) is 1.57. The van der Waals surface area contributed by atoms with Crippen molar-refractivity contribution in [1.82, 2.24) is 0 Å². The molecule has 0 heterocycles. The van der Waals surface area contributed by atoms with E-state index in [2.05, 4.69) is 0 Å². The lowest BCUT2D eigenvalue weighted by Gasteiger charge is -2.11. The minimum Gasteiger partial charge on any atom is -0.494 e. The highest BCUT2D eigenvalue weighted by molar-refractivity contribution is 5.73. The fraction of sp³-hybridized carbons (Fsp3) is 0.316. The van der Waals surface area contributed by atoms with E-state index in [-0.39, 0.29) is 12.4 Å². The molecule has 23 heavy (non-hydrogen) atoms. The minimum atomic E-state index is -0.288. The fourth-order valence-electron chi connectivity index (χ4n) is 2.23. The molecule has 0 saturated carbocycles. The second-order valence-corrected chi connectivity index (χ2v) is 4.89. The molecule has 0 spiro atoms. The van der Waals surface area contributed by atoms with Crippen LogP contribution >= 0.6 is 0 Å². The van der Waals surface area contributed by atoms with E-state index in [1.54, 1.807) is 12.1 Å². The van der Waals surface area contributed by atoms with E-state index in [1.165, 1.54) is 0 Å². The van der Waals surface area contributed by atoms with Crippen LogP contribution in [-0.4, -0.2) is 19.2 Å². The Balaban J connectivity index is 1.96. The predicted octanol–water partition coefficient (Wildman–Crippen LogP) is 4.02. The van der Waals surface area contributed by atoms with Gasteiger partial charge in [0, 0.05) is 0 Å². The Kier molecular flexibility index (Phi) is 6.48. The van der Waals surface area contributed by atoms with Gasteiger partial charge in [0.1, 0.15) is 5.75 Å². The van der Waals surface area contributed by atoms with Crippen LogP contribution in [0.3, 0.4) is 0 Å². The Morgan fingerprint density at radius 2 is 1.39 bits per heavy atom. The lowest BCUT2D eigenvalue weighted by molar-refractivity contribution is -0.134.